The monoisotopic (exact) mass is 932 g/mol. The van der Waals surface area contributed by atoms with Crippen molar-refractivity contribution in [1.82, 2.24) is 15.2 Å². The van der Waals surface area contributed by atoms with Gasteiger partial charge in [0.25, 0.3) is 0 Å². The minimum Gasteiger partial charge on any atom is -0.459 e. The quantitative estimate of drug-likeness (QED) is 0.168. The number of benzene rings is 1. The van der Waals surface area contributed by atoms with E-state index in [9.17, 15) is 39.9 Å². The van der Waals surface area contributed by atoms with E-state index < -0.39 is 108 Å². The molecule has 0 bridgehead atoms. The van der Waals surface area contributed by atoms with Crippen molar-refractivity contribution >= 4 is 28.6 Å². The van der Waals surface area contributed by atoms with E-state index in [-0.39, 0.29) is 50.3 Å². The van der Waals surface area contributed by atoms with Crippen molar-refractivity contribution in [3.63, 3.8) is 0 Å². The Morgan fingerprint density at radius 2 is 1.62 bits per heavy atom. The lowest BCUT2D eigenvalue weighted by molar-refractivity contribution is -0.318. The zero-order valence-corrected chi connectivity index (χ0v) is 40.9. The van der Waals surface area contributed by atoms with Gasteiger partial charge in [-0.3, -0.25) is 19.4 Å². The predicted molar refractivity (Wildman–Crippen MR) is 244 cm³/mol. The van der Waals surface area contributed by atoms with Crippen LogP contribution in [0.2, 0.25) is 0 Å². The molecule has 5 rings (SSSR count). The second kappa shape index (κ2) is 22.0. The maximum absolute atomic E-state index is 14.7. The molecule has 0 radical (unpaired) electrons. The second-order valence-electron chi connectivity index (χ2n) is 20.2. The molecule has 0 aliphatic carbocycles. The first kappa shape index (κ1) is 53.8. The number of hydrogen-bond acceptors (Lipinski definition) is 16. The number of ether oxygens (including phenoxy) is 6. The van der Waals surface area contributed by atoms with Crippen molar-refractivity contribution < 1.29 is 68.3 Å². The van der Waals surface area contributed by atoms with Gasteiger partial charge in [0.1, 0.15) is 29.7 Å². The lowest BCUT2D eigenvalue weighted by atomic mass is 9.74. The summed E-state index contributed by atoms with van der Waals surface area (Å²) in [6, 6.07) is 9.15. The average Bonchev–Trinajstić information content (AvgIpc) is 3.26. The number of carbonyl (C=O) groups is 3. The highest BCUT2D eigenvalue weighted by Crippen LogP contribution is 2.41. The van der Waals surface area contributed by atoms with Crippen molar-refractivity contribution in [2.45, 2.75) is 185 Å². The molecule has 0 spiro atoms. The van der Waals surface area contributed by atoms with E-state index in [0.29, 0.717) is 12.8 Å². The summed E-state index contributed by atoms with van der Waals surface area (Å²) in [6.07, 6.45) is -8.77. The van der Waals surface area contributed by atoms with Gasteiger partial charge in [-0.1, -0.05) is 39.0 Å². The van der Waals surface area contributed by atoms with Crippen LogP contribution in [0, 0.1) is 23.7 Å². The fourth-order valence-electron chi connectivity index (χ4n) is 10.3. The summed E-state index contributed by atoms with van der Waals surface area (Å²) in [5, 5.41) is 63.0. The number of aliphatic hydroxyl groups is 5. The number of aryl methyl sites for hydroxylation is 1. The van der Waals surface area contributed by atoms with E-state index in [2.05, 4.69) is 10.3 Å². The van der Waals surface area contributed by atoms with E-state index in [4.69, 9.17) is 28.4 Å². The predicted octanol–water partition coefficient (Wildman–Crippen LogP) is 3.06. The molecular weight excluding hydrogens is 855 g/mol. The Morgan fingerprint density at radius 1 is 0.924 bits per heavy atom. The van der Waals surface area contributed by atoms with Gasteiger partial charge in [0.2, 0.25) is 5.91 Å². The van der Waals surface area contributed by atoms with E-state index >= 15 is 0 Å². The summed E-state index contributed by atoms with van der Waals surface area (Å²) < 4.78 is 37.7. The smallest absolute Gasteiger partial charge is 0.311 e. The molecule has 1 aromatic heterocycles. The van der Waals surface area contributed by atoms with Crippen LogP contribution in [-0.2, 0) is 49.2 Å². The number of carbonyl (C=O) groups excluding carboxylic acids is 3. The molecule has 3 fully saturated rings. The molecule has 17 heteroatoms. The average molecular weight is 932 g/mol. The number of Topliss-reactive ketones (excluding diaryl/α,β-unsaturated/α-hetero) is 1. The van der Waals surface area contributed by atoms with Gasteiger partial charge in [-0.25, -0.2) is 0 Å². The summed E-state index contributed by atoms with van der Waals surface area (Å²) >= 11 is 0. The minimum absolute atomic E-state index is 0.0401. The van der Waals surface area contributed by atoms with Crippen LogP contribution < -0.4 is 5.32 Å². The van der Waals surface area contributed by atoms with Gasteiger partial charge in [-0.2, -0.15) is 0 Å². The first-order valence-corrected chi connectivity index (χ1v) is 23.5. The fourth-order valence-corrected chi connectivity index (χ4v) is 10.3. The third kappa shape index (κ3) is 12.1. The van der Waals surface area contributed by atoms with Gasteiger partial charge in [-0.05, 0) is 92.6 Å². The van der Waals surface area contributed by atoms with Crippen LogP contribution in [0.15, 0.2) is 36.5 Å². The van der Waals surface area contributed by atoms with Gasteiger partial charge < -0.3 is 64.2 Å². The number of nitrogens with one attached hydrogen (secondary N) is 1. The summed E-state index contributed by atoms with van der Waals surface area (Å²) in [4.78, 5) is 48.4. The molecule has 6 N–H and O–H groups in total. The number of pyridine rings is 1. The standard InChI is InChI=1S/C49H77N3O14/c1-26-24-47(7,59)44(66-46-40(55)35(52(10)11)23-27(2)62-46)29(4)41(65-38-25-48(8,61-12)43(57)31(6)63-38)30(5)45(58)64-36(49(9,60)42(56)28(3)39(26)54)20-22-51-37(53)19-18-32-15-13-17-34-33(32)16-14-21-50-34/h13-17,21,26-31,35-36,38,40-44,46,55-57,59-60H,18-20,22-25H2,1-12H3,(H,51,53)/t26-,27?,28+,29+,30-,31?,35?,36-,38?,40?,41+,42-,43?,44-,46?,47-,48?,49-/m1/s1. The molecule has 2 aromatic rings. The van der Waals surface area contributed by atoms with Crippen LogP contribution in [0.25, 0.3) is 10.9 Å². The number of fused-ring (bicyclic) bond motifs is 1. The number of hydrogen-bond donors (Lipinski definition) is 6. The molecule has 372 valence electrons. The first-order valence-electron chi connectivity index (χ1n) is 23.5. The highest BCUT2D eigenvalue weighted by molar-refractivity contribution is 5.84. The molecule has 1 amide bonds. The van der Waals surface area contributed by atoms with Gasteiger partial charge in [0.15, 0.2) is 12.6 Å². The zero-order valence-electron chi connectivity index (χ0n) is 40.9. The third-order valence-electron chi connectivity index (χ3n) is 14.5. The highest BCUT2D eigenvalue weighted by Gasteiger charge is 2.53. The first-order chi connectivity index (χ1) is 30.8. The number of nitrogens with zero attached hydrogens (tertiary/aromatic N) is 2. The Balaban J connectivity index is 1.49. The van der Waals surface area contributed by atoms with Crippen LogP contribution in [-0.4, -0.2) is 165 Å². The van der Waals surface area contributed by atoms with Gasteiger partial charge in [0, 0.05) is 68.3 Å². The van der Waals surface area contributed by atoms with Crippen molar-refractivity contribution in [1.29, 1.82) is 0 Å². The lowest BCUT2D eigenvalue weighted by Gasteiger charge is -2.49. The number of ketones is 1. The number of methoxy groups -OCH3 is 1. The fraction of sp³-hybridized carbons (Fsp3) is 0.755. The van der Waals surface area contributed by atoms with Crippen molar-refractivity contribution in [2.75, 3.05) is 27.7 Å². The van der Waals surface area contributed by atoms with Crippen molar-refractivity contribution in [3.05, 3.63) is 42.1 Å². The number of esters is 1. The number of likely N-dealkylation sites (N-methyl/N-ethyl adjacent to an activating group) is 1. The molecule has 3 aliphatic heterocycles. The number of aromatic nitrogens is 1. The lowest BCUT2D eigenvalue weighted by Crippen LogP contribution is -2.61. The highest BCUT2D eigenvalue weighted by atomic mass is 16.7. The normalized spacial score (nSPS) is 41.0. The van der Waals surface area contributed by atoms with Crippen molar-refractivity contribution in [3.8, 4) is 0 Å². The Kier molecular flexibility index (Phi) is 18.0. The number of amides is 1. The molecule has 3 aliphatic rings. The van der Waals surface area contributed by atoms with E-state index in [0.717, 1.165) is 16.5 Å². The van der Waals surface area contributed by atoms with Crippen LogP contribution in [0.4, 0.5) is 0 Å². The summed E-state index contributed by atoms with van der Waals surface area (Å²) in [6.45, 7) is 14.4. The Morgan fingerprint density at radius 3 is 2.29 bits per heavy atom. The van der Waals surface area contributed by atoms with Crippen LogP contribution in [0.3, 0.4) is 0 Å². The topological polar surface area (TPSA) is 236 Å². The Hall–Kier alpha value is -3.20. The van der Waals surface area contributed by atoms with Crippen LogP contribution in [0.5, 0.6) is 0 Å². The summed E-state index contributed by atoms with van der Waals surface area (Å²) in [5.41, 5.74) is -3.42. The van der Waals surface area contributed by atoms with Crippen LogP contribution >= 0.6 is 0 Å². The van der Waals surface area contributed by atoms with E-state index in [1.54, 1.807) is 40.8 Å². The van der Waals surface area contributed by atoms with Gasteiger partial charge in [-0.15, -0.1) is 0 Å². The molecule has 1 aromatic carbocycles. The number of cyclic esters (lactones) is 1. The van der Waals surface area contributed by atoms with E-state index in [1.165, 1.54) is 27.9 Å². The molecule has 17 nitrogen and oxygen atoms in total. The largest absolute Gasteiger partial charge is 0.459 e. The van der Waals surface area contributed by atoms with Gasteiger partial charge >= 0.3 is 5.97 Å². The van der Waals surface area contributed by atoms with E-state index in [1.807, 2.05) is 56.3 Å². The Bertz CT molecular complexity index is 1940. The summed E-state index contributed by atoms with van der Waals surface area (Å²) in [5.74, 6) is -5.87. The maximum atomic E-state index is 14.7. The molecule has 0 saturated carbocycles. The zero-order chi connectivity index (χ0) is 49.1. The summed E-state index contributed by atoms with van der Waals surface area (Å²) in [7, 11) is 5.14. The molecular formula is C49H77N3O14. The number of aliphatic hydroxyl groups excluding tert-OH is 3. The van der Waals surface area contributed by atoms with Crippen molar-refractivity contribution in [2.24, 2.45) is 23.7 Å². The molecule has 3 saturated heterocycles. The molecule has 18 atom stereocenters. The van der Waals surface area contributed by atoms with Gasteiger partial charge in [0.05, 0.1) is 53.2 Å². The Labute approximate surface area is 389 Å². The van der Waals surface area contributed by atoms with Crippen LogP contribution in [0.1, 0.15) is 100.0 Å². The minimum atomic E-state index is -2.21. The molecule has 8 unspecified atom stereocenters. The second-order valence-corrected chi connectivity index (χ2v) is 20.2. The molecule has 66 heavy (non-hydrogen) atoms. The number of rotatable bonds is 12. The third-order valence-corrected chi connectivity index (χ3v) is 14.5. The molecule has 4 heterocycles. The SMILES string of the molecule is COC1(C)CC(O[C@H]2[C@H](C)[C@@H](OC3OC(C)CC(N(C)C)C3O)[C@](C)(O)C[C@@H](C)C(=O)[C@H](C)[C@@H](O)[C@](C)(O)[C@@H](CCNC(=O)CCc3cccc4ncccc34)OC(=O)[C@@H]2C)OC(C)C1O. The maximum Gasteiger partial charge on any atom is 0.311 e.